The Balaban J connectivity index is 1.26. The lowest BCUT2D eigenvalue weighted by Crippen LogP contribution is -1.92. The summed E-state index contributed by atoms with van der Waals surface area (Å²) < 4.78 is 2.68. The van der Waals surface area contributed by atoms with Crippen molar-refractivity contribution in [1.29, 1.82) is 0 Å². The van der Waals surface area contributed by atoms with E-state index in [1.54, 1.807) is 0 Å². The van der Waals surface area contributed by atoms with Gasteiger partial charge in [-0.1, -0.05) is 158 Å². The summed E-state index contributed by atoms with van der Waals surface area (Å²) >= 11 is 1.91. The standard InChI is InChI=1S/C46H28S/c1-2-13-29(14-3-1)44-35-19-8-10-21-37(35)45(38-22-11-9-20-36(38)44)39-26-25-34(32-17-6-7-18-33(32)39)40-23-12-24-41-42-27-30-15-4-5-16-31(30)28-43(42)47-46(40)41/h1-28H. The third kappa shape index (κ3) is 4.00. The normalized spacial score (nSPS) is 11.8. The maximum atomic E-state index is 2.37. The molecular weight excluding hydrogens is 585 g/mol. The van der Waals surface area contributed by atoms with Crippen LogP contribution < -0.4 is 0 Å². The molecule has 0 radical (unpaired) electrons. The predicted octanol–water partition coefficient (Wildman–Crippen LogP) is 13.7. The molecule has 10 rings (SSSR count). The molecule has 0 fully saturated rings. The van der Waals surface area contributed by atoms with E-state index in [0.29, 0.717) is 0 Å². The van der Waals surface area contributed by atoms with E-state index in [1.165, 1.54) is 96.6 Å². The van der Waals surface area contributed by atoms with Gasteiger partial charge in [-0.3, -0.25) is 0 Å². The van der Waals surface area contributed by atoms with Crippen LogP contribution in [-0.2, 0) is 0 Å². The number of fused-ring (bicyclic) bond motifs is 7. The second-order valence-electron chi connectivity index (χ2n) is 12.4. The van der Waals surface area contributed by atoms with E-state index >= 15 is 0 Å². The zero-order valence-corrected chi connectivity index (χ0v) is 26.4. The minimum Gasteiger partial charge on any atom is -0.135 e. The van der Waals surface area contributed by atoms with E-state index in [1.807, 2.05) is 11.3 Å². The number of rotatable bonds is 3. The zero-order chi connectivity index (χ0) is 30.9. The molecule has 0 N–H and O–H groups in total. The van der Waals surface area contributed by atoms with Gasteiger partial charge in [-0.15, -0.1) is 11.3 Å². The largest absolute Gasteiger partial charge is 0.135 e. The highest BCUT2D eigenvalue weighted by molar-refractivity contribution is 7.26. The SMILES string of the molecule is c1ccc(-c2c3ccccc3c(-c3ccc(-c4cccc5c4sc4cc6ccccc6cc45)c4ccccc34)c3ccccc23)cc1. The Bertz CT molecular complexity index is 2780. The van der Waals surface area contributed by atoms with Crippen LogP contribution in [0.15, 0.2) is 170 Å². The van der Waals surface area contributed by atoms with Crippen molar-refractivity contribution >= 4 is 74.6 Å². The molecule has 1 heteroatoms. The van der Waals surface area contributed by atoms with Crippen molar-refractivity contribution in [2.45, 2.75) is 0 Å². The Labute approximate surface area is 276 Å². The van der Waals surface area contributed by atoms with Crippen LogP contribution in [0.5, 0.6) is 0 Å². The van der Waals surface area contributed by atoms with Gasteiger partial charge in [-0.2, -0.15) is 0 Å². The van der Waals surface area contributed by atoms with Gasteiger partial charge in [0.25, 0.3) is 0 Å². The fraction of sp³-hybridized carbons (Fsp3) is 0. The van der Waals surface area contributed by atoms with Gasteiger partial charge in [0.1, 0.15) is 0 Å². The number of benzene rings is 9. The third-order valence-electron chi connectivity index (χ3n) is 9.84. The Kier molecular flexibility index (Phi) is 5.85. The van der Waals surface area contributed by atoms with Crippen LogP contribution in [-0.4, -0.2) is 0 Å². The average molecular weight is 613 g/mol. The van der Waals surface area contributed by atoms with Gasteiger partial charge in [-0.25, -0.2) is 0 Å². The third-order valence-corrected chi connectivity index (χ3v) is 11.0. The van der Waals surface area contributed by atoms with Crippen LogP contribution in [0.1, 0.15) is 0 Å². The van der Waals surface area contributed by atoms with Crippen LogP contribution in [0.4, 0.5) is 0 Å². The first-order valence-corrected chi connectivity index (χ1v) is 17.0. The van der Waals surface area contributed by atoms with Crippen molar-refractivity contribution in [1.82, 2.24) is 0 Å². The summed E-state index contributed by atoms with van der Waals surface area (Å²) in [5.41, 5.74) is 7.68. The molecule has 0 bridgehead atoms. The topological polar surface area (TPSA) is 0 Å². The van der Waals surface area contributed by atoms with Gasteiger partial charge >= 0.3 is 0 Å². The fourth-order valence-electron chi connectivity index (χ4n) is 7.78. The smallest absolute Gasteiger partial charge is 0.0434 e. The van der Waals surface area contributed by atoms with E-state index in [0.717, 1.165) is 0 Å². The summed E-state index contributed by atoms with van der Waals surface area (Å²) in [4.78, 5) is 0. The van der Waals surface area contributed by atoms with Crippen molar-refractivity contribution in [2.24, 2.45) is 0 Å². The second kappa shape index (κ2) is 10.4. The molecule has 0 saturated heterocycles. The molecule has 1 aromatic heterocycles. The first-order chi connectivity index (χ1) is 23.3. The zero-order valence-electron chi connectivity index (χ0n) is 25.6. The maximum Gasteiger partial charge on any atom is 0.0434 e. The minimum absolute atomic E-state index is 1.25. The van der Waals surface area contributed by atoms with E-state index in [2.05, 4.69) is 170 Å². The molecule has 0 spiro atoms. The summed E-state index contributed by atoms with van der Waals surface area (Å²) in [6.07, 6.45) is 0. The molecule has 218 valence electrons. The highest BCUT2D eigenvalue weighted by atomic mass is 32.1. The van der Waals surface area contributed by atoms with Crippen molar-refractivity contribution in [3.63, 3.8) is 0 Å². The van der Waals surface area contributed by atoms with E-state index < -0.39 is 0 Å². The van der Waals surface area contributed by atoms with Crippen molar-refractivity contribution < 1.29 is 0 Å². The van der Waals surface area contributed by atoms with Gasteiger partial charge in [0.05, 0.1) is 0 Å². The van der Waals surface area contributed by atoms with Crippen LogP contribution in [0.2, 0.25) is 0 Å². The van der Waals surface area contributed by atoms with Gasteiger partial charge < -0.3 is 0 Å². The molecule has 0 amide bonds. The number of thiophene rings is 1. The molecule has 0 nitrogen and oxygen atoms in total. The molecule has 0 aliphatic carbocycles. The lowest BCUT2D eigenvalue weighted by atomic mass is 9.84. The highest BCUT2D eigenvalue weighted by Crippen LogP contribution is 2.48. The summed E-state index contributed by atoms with van der Waals surface area (Å²) in [6.45, 7) is 0. The summed E-state index contributed by atoms with van der Waals surface area (Å²) in [5, 5.41) is 12.9. The Morgan fingerprint density at radius 3 is 1.49 bits per heavy atom. The molecular formula is C46H28S. The molecule has 9 aromatic carbocycles. The summed E-state index contributed by atoms with van der Waals surface area (Å²) in [7, 11) is 0. The molecule has 0 aliphatic rings. The predicted molar refractivity (Wildman–Crippen MR) is 206 cm³/mol. The first-order valence-electron chi connectivity index (χ1n) is 16.2. The maximum absolute atomic E-state index is 2.37. The lowest BCUT2D eigenvalue weighted by molar-refractivity contribution is 1.66. The molecule has 10 aromatic rings. The molecule has 0 saturated carbocycles. The van der Waals surface area contributed by atoms with Gasteiger partial charge in [0, 0.05) is 25.7 Å². The van der Waals surface area contributed by atoms with Crippen molar-refractivity contribution in [2.75, 3.05) is 0 Å². The van der Waals surface area contributed by atoms with Gasteiger partial charge in [0.15, 0.2) is 0 Å². The summed E-state index contributed by atoms with van der Waals surface area (Å²) in [5.74, 6) is 0. The Hall–Kier alpha value is -5.76. The van der Waals surface area contributed by atoms with E-state index in [9.17, 15) is 0 Å². The van der Waals surface area contributed by atoms with Crippen LogP contribution in [0.25, 0.3) is 96.6 Å². The second-order valence-corrected chi connectivity index (χ2v) is 13.4. The Morgan fingerprint density at radius 1 is 0.298 bits per heavy atom. The Morgan fingerprint density at radius 2 is 0.809 bits per heavy atom. The first kappa shape index (κ1) is 26.5. The molecule has 0 atom stereocenters. The molecule has 1 heterocycles. The monoisotopic (exact) mass is 612 g/mol. The van der Waals surface area contributed by atoms with Gasteiger partial charge in [-0.05, 0) is 83.0 Å². The van der Waals surface area contributed by atoms with Crippen molar-refractivity contribution in [3.05, 3.63) is 170 Å². The number of hydrogen-bond donors (Lipinski definition) is 0. The van der Waals surface area contributed by atoms with Crippen molar-refractivity contribution in [3.8, 4) is 33.4 Å². The van der Waals surface area contributed by atoms with E-state index in [-0.39, 0.29) is 0 Å². The lowest BCUT2D eigenvalue weighted by Gasteiger charge is -2.19. The molecule has 47 heavy (non-hydrogen) atoms. The quantitative estimate of drug-likeness (QED) is 0.174. The van der Waals surface area contributed by atoms with Crippen LogP contribution in [0, 0.1) is 0 Å². The fourth-order valence-corrected chi connectivity index (χ4v) is 9.04. The van der Waals surface area contributed by atoms with Crippen LogP contribution in [0.3, 0.4) is 0 Å². The minimum atomic E-state index is 1.25. The molecule has 0 unspecified atom stereocenters. The van der Waals surface area contributed by atoms with Gasteiger partial charge in [0.2, 0.25) is 0 Å². The van der Waals surface area contributed by atoms with Crippen LogP contribution >= 0.6 is 11.3 Å². The average Bonchev–Trinajstić information content (AvgIpc) is 3.50. The number of hydrogen-bond acceptors (Lipinski definition) is 1. The highest BCUT2D eigenvalue weighted by Gasteiger charge is 2.20. The van der Waals surface area contributed by atoms with E-state index in [4.69, 9.17) is 0 Å². The summed E-state index contributed by atoms with van der Waals surface area (Å²) in [6, 6.07) is 62.6. The molecule has 0 aliphatic heterocycles.